The van der Waals surface area contributed by atoms with Gasteiger partial charge in [-0.2, -0.15) is 0 Å². The smallest absolute Gasteiger partial charge is 0.138 e. The van der Waals surface area contributed by atoms with E-state index in [-0.39, 0.29) is 18.2 Å². The normalized spacial score (nSPS) is 8.64. The van der Waals surface area contributed by atoms with E-state index in [2.05, 4.69) is 5.43 Å². The Hall–Kier alpha value is -0.0700. The average molecular weight is 288 g/mol. The van der Waals surface area contributed by atoms with Crippen molar-refractivity contribution in [2.45, 2.75) is 0 Å². The molecule has 0 aromatic heterocycles. The third-order valence-corrected chi connectivity index (χ3v) is 2.20. The number of hydrogen-bond acceptors (Lipinski definition) is 2. The van der Waals surface area contributed by atoms with Gasteiger partial charge in [0.2, 0.25) is 0 Å². The van der Waals surface area contributed by atoms with Crippen molar-refractivity contribution in [2.24, 2.45) is 5.84 Å². The molecule has 11 heavy (non-hydrogen) atoms. The fourth-order valence-electron chi connectivity index (χ4n) is 0.615. The van der Waals surface area contributed by atoms with Crippen LogP contribution in [0.1, 0.15) is 0 Å². The standard InChI is InChI=1S/C6H6FIN2.ClH/c7-4-2-1-3-5(10-9)6(4)8;/h1-3,10H,9H2;1H. The predicted octanol–water partition coefficient (Wildman–Crippen LogP) is 2.14. The van der Waals surface area contributed by atoms with E-state index in [0.717, 1.165) is 0 Å². The summed E-state index contributed by atoms with van der Waals surface area (Å²) in [7, 11) is 0. The number of nitrogens with one attached hydrogen (secondary N) is 1. The molecule has 0 radical (unpaired) electrons. The molecule has 3 N–H and O–H groups in total. The summed E-state index contributed by atoms with van der Waals surface area (Å²) >= 11 is 1.89. The first-order chi connectivity index (χ1) is 4.75. The van der Waals surface area contributed by atoms with Gasteiger partial charge in [-0.25, -0.2) is 4.39 Å². The molecule has 0 atom stereocenters. The Kier molecular flexibility index (Phi) is 4.71. The van der Waals surface area contributed by atoms with Crippen molar-refractivity contribution in [3.63, 3.8) is 0 Å². The van der Waals surface area contributed by atoms with E-state index >= 15 is 0 Å². The molecule has 0 unspecified atom stereocenters. The van der Waals surface area contributed by atoms with Crippen LogP contribution in [0.25, 0.3) is 0 Å². The lowest BCUT2D eigenvalue weighted by Gasteiger charge is -2.01. The summed E-state index contributed by atoms with van der Waals surface area (Å²) < 4.78 is 13.2. The van der Waals surface area contributed by atoms with Crippen LogP contribution in [0.4, 0.5) is 10.1 Å². The lowest BCUT2D eigenvalue weighted by molar-refractivity contribution is 0.621. The zero-order chi connectivity index (χ0) is 7.56. The number of benzene rings is 1. The van der Waals surface area contributed by atoms with Crippen LogP contribution < -0.4 is 11.3 Å². The molecule has 2 nitrogen and oxygen atoms in total. The molecule has 0 spiro atoms. The maximum absolute atomic E-state index is 12.7. The Morgan fingerprint density at radius 2 is 2.09 bits per heavy atom. The summed E-state index contributed by atoms with van der Waals surface area (Å²) in [5, 5.41) is 0. The van der Waals surface area contributed by atoms with E-state index in [1.807, 2.05) is 22.6 Å². The molecule has 0 heterocycles. The number of nitrogen functional groups attached to an aromatic ring is 1. The second-order valence-electron chi connectivity index (χ2n) is 1.75. The third-order valence-electron chi connectivity index (χ3n) is 1.11. The summed E-state index contributed by atoms with van der Waals surface area (Å²) in [6.07, 6.45) is 0. The van der Waals surface area contributed by atoms with Gasteiger partial charge in [-0.05, 0) is 34.7 Å². The van der Waals surface area contributed by atoms with Crippen molar-refractivity contribution < 1.29 is 4.39 Å². The van der Waals surface area contributed by atoms with Crippen LogP contribution >= 0.6 is 35.0 Å². The Labute approximate surface area is 83.9 Å². The Balaban J connectivity index is 0.000001000. The Bertz CT molecular complexity index is 244. The minimum Gasteiger partial charge on any atom is -0.323 e. The van der Waals surface area contributed by atoms with Crippen molar-refractivity contribution in [3.8, 4) is 0 Å². The van der Waals surface area contributed by atoms with Crippen LogP contribution in [0, 0.1) is 9.39 Å². The van der Waals surface area contributed by atoms with Crippen LogP contribution in [0.2, 0.25) is 0 Å². The number of rotatable bonds is 1. The van der Waals surface area contributed by atoms with Crippen molar-refractivity contribution >= 4 is 40.7 Å². The summed E-state index contributed by atoms with van der Waals surface area (Å²) in [5.74, 6) is 4.84. The molecule has 5 heteroatoms. The topological polar surface area (TPSA) is 38.0 Å². The molecular weight excluding hydrogens is 281 g/mol. The fraction of sp³-hybridized carbons (Fsp3) is 0. The van der Waals surface area contributed by atoms with Crippen LogP contribution in [0.3, 0.4) is 0 Å². The predicted molar refractivity (Wildman–Crippen MR) is 54.2 cm³/mol. The molecule has 0 bridgehead atoms. The number of anilines is 1. The molecule has 0 aliphatic carbocycles. The Morgan fingerprint density at radius 3 is 2.55 bits per heavy atom. The van der Waals surface area contributed by atoms with Crippen molar-refractivity contribution in [3.05, 3.63) is 27.6 Å². The van der Waals surface area contributed by atoms with Gasteiger partial charge >= 0.3 is 0 Å². The summed E-state index contributed by atoms with van der Waals surface area (Å²) in [4.78, 5) is 0. The first-order valence-electron chi connectivity index (χ1n) is 2.66. The van der Waals surface area contributed by atoms with E-state index < -0.39 is 0 Å². The number of hydrogen-bond donors (Lipinski definition) is 2. The third kappa shape index (κ3) is 2.46. The van der Waals surface area contributed by atoms with Crippen molar-refractivity contribution in [1.82, 2.24) is 0 Å². The molecular formula is C6H7ClFIN2. The molecule has 0 aliphatic heterocycles. The van der Waals surface area contributed by atoms with Crippen molar-refractivity contribution in [2.75, 3.05) is 5.43 Å². The van der Waals surface area contributed by atoms with Gasteiger partial charge in [0.25, 0.3) is 0 Å². The van der Waals surface area contributed by atoms with Crippen LogP contribution in [0.15, 0.2) is 18.2 Å². The van der Waals surface area contributed by atoms with Crippen LogP contribution in [0.5, 0.6) is 0 Å². The second-order valence-corrected chi connectivity index (χ2v) is 2.82. The molecule has 62 valence electrons. The van der Waals surface area contributed by atoms with Gasteiger partial charge in [-0.15, -0.1) is 12.4 Å². The molecule has 0 fully saturated rings. The first kappa shape index (κ1) is 10.9. The maximum Gasteiger partial charge on any atom is 0.138 e. The van der Waals surface area contributed by atoms with Crippen LogP contribution in [-0.2, 0) is 0 Å². The highest BCUT2D eigenvalue weighted by molar-refractivity contribution is 14.1. The van der Waals surface area contributed by atoms with Gasteiger partial charge < -0.3 is 5.43 Å². The Morgan fingerprint density at radius 1 is 1.45 bits per heavy atom. The van der Waals surface area contributed by atoms with E-state index in [4.69, 9.17) is 5.84 Å². The SMILES string of the molecule is Cl.NNc1cccc(F)c1I. The van der Waals surface area contributed by atoms with Gasteiger partial charge in [0.15, 0.2) is 0 Å². The zero-order valence-corrected chi connectivity index (χ0v) is 8.45. The van der Waals surface area contributed by atoms with Gasteiger partial charge in [0.1, 0.15) is 5.82 Å². The zero-order valence-electron chi connectivity index (χ0n) is 5.47. The summed E-state index contributed by atoms with van der Waals surface area (Å²) in [6, 6.07) is 4.71. The molecule has 1 rings (SSSR count). The molecule has 1 aromatic rings. The quantitative estimate of drug-likeness (QED) is 0.472. The van der Waals surface area contributed by atoms with E-state index in [0.29, 0.717) is 9.26 Å². The number of nitrogens with two attached hydrogens (primary N) is 1. The first-order valence-corrected chi connectivity index (χ1v) is 3.74. The van der Waals surface area contributed by atoms with Gasteiger partial charge in [-0.1, -0.05) is 6.07 Å². The van der Waals surface area contributed by atoms with Gasteiger partial charge in [0.05, 0.1) is 9.26 Å². The second kappa shape index (κ2) is 4.74. The highest BCUT2D eigenvalue weighted by Gasteiger charge is 2.01. The van der Waals surface area contributed by atoms with E-state index in [9.17, 15) is 4.39 Å². The van der Waals surface area contributed by atoms with Gasteiger partial charge in [-0.3, -0.25) is 5.84 Å². The number of hydrazine groups is 1. The molecule has 0 aliphatic rings. The highest BCUT2D eigenvalue weighted by atomic mass is 127. The maximum atomic E-state index is 12.7. The molecule has 0 saturated carbocycles. The minimum atomic E-state index is -0.254. The lowest BCUT2D eigenvalue weighted by atomic mass is 10.3. The monoisotopic (exact) mass is 288 g/mol. The molecule has 0 amide bonds. The molecule has 1 aromatic carbocycles. The van der Waals surface area contributed by atoms with E-state index in [1.165, 1.54) is 6.07 Å². The summed E-state index contributed by atoms with van der Waals surface area (Å²) in [5.41, 5.74) is 3.00. The largest absolute Gasteiger partial charge is 0.323 e. The highest BCUT2D eigenvalue weighted by Crippen LogP contribution is 2.19. The lowest BCUT2D eigenvalue weighted by Crippen LogP contribution is -2.08. The molecule has 0 saturated heterocycles. The summed E-state index contributed by atoms with van der Waals surface area (Å²) in [6.45, 7) is 0. The fourth-order valence-corrected chi connectivity index (χ4v) is 1.13. The minimum absolute atomic E-state index is 0. The van der Waals surface area contributed by atoms with E-state index in [1.54, 1.807) is 12.1 Å². The number of halogens is 3. The van der Waals surface area contributed by atoms with Gasteiger partial charge in [0, 0.05) is 0 Å². The van der Waals surface area contributed by atoms with Crippen molar-refractivity contribution in [1.29, 1.82) is 0 Å². The van der Waals surface area contributed by atoms with Crippen LogP contribution in [-0.4, -0.2) is 0 Å². The average Bonchev–Trinajstić information content (AvgIpc) is 1.95.